The molecule has 1 aromatic heterocycles. The smallest absolute Gasteiger partial charge is 0.331 e. The molecule has 10 heteroatoms. The first-order chi connectivity index (χ1) is 17.2. The number of pyridine rings is 1. The van der Waals surface area contributed by atoms with Crippen LogP contribution in [0, 0.1) is 11.8 Å². The van der Waals surface area contributed by atoms with E-state index in [9.17, 15) is 19.5 Å². The van der Waals surface area contributed by atoms with Crippen molar-refractivity contribution < 1.29 is 38.4 Å². The second kappa shape index (κ2) is 12.3. The van der Waals surface area contributed by atoms with Gasteiger partial charge in [-0.2, -0.15) is 0 Å². The predicted molar refractivity (Wildman–Crippen MR) is 128 cm³/mol. The number of nitrogens with one attached hydrogen (secondary N) is 1. The molecule has 1 aliphatic rings. The summed E-state index contributed by atoms with van der Waals surface area (Å²) in [6, 6.07) is 9.88. The van der Waals surface area contributed by atoms with E-state index in [0.29, 0.717) is 6.42 Å². The van der Waals surface area contributed by atoms with Crippen molar-refractivity contribution in [1.82, 2.24) is 10.3 Å². The molecule has 0 unspecified atom stereocenters. The van der Waals surface area contributed by atoms with Crippen LogP contribution in [0.4, 0.5) is 0 Å². The second-order valence-electron chi connectivity index (χ2n) is 8.92. The van der Waals surface area contributed by atoms with Crippen molar-refractivity contribution in [3.8, 4) is 11.5 Å². The molecule has 10 nitrogen and oxygen atoms in total. The summed E-state index contributed by atoms with van der Waals surface area (Å²) in [7, 11) is 1.34. The maximum Gasteiger partial charge on any atom is 0.331 e. The van der Waals surface area contributed by atoms with E-state index in [0.717, 1.165) is 5.56 Å². The number of amides is 1. The van der Waals surface area contributed by atoms with Gasteiger partial charge in [-0.3, -0.25) is 9.59 Å². The summed E-state index contributed by atoms with van der Waals surface area (Å²) in [5.74, 6) is -3.03. The average Bonchev–Trinajstić information content (AvgIpc) is 2.90. The number of carbonyl (C=O) groups is 3. The van der Waals surface area contributed by atoms with Crippen LogP contribution < -0.4 is 10.1 Å². The van der Waals surface area contributed by atoms with E-state index in [1.165, 1.54) is 19.4 Å². The standard InChI is InChI=1S/C26H32N2O8/c1-15(2)25(31)36-23-16(3)35-26(32)19(14-34-13-18(23)12-17-8-6-5-7-9-17)28-24(30)21-22(29)20(33-4)10-11-27-21/h5-11,15-16,18-19,23,29H,12-14H2,1-4H3,(H,28,30)/t16-,18-,19-,23-/m0/s1. The lowest BCUT2D eigenvalue weighted by atomic mass is 9.91. The minimum Gasteiger partial charge on any atom is -0.503 e. The van der Waals surface area contributed by atoms with Crippen LogP contribution >= 0.6 is 0 Å². The summed E-state index contributed by atoms with van der Waals surface area (Å²) >= 11 is 0. The lowest BCUT2D eigenvalue weighted by Crippen LogP contribution is -2.47. The lowest BCUT2D eigenvalue weighted by Gasteiger charge is -2.31. The van der Waals surface area contributed by atoms with Crippen molar-refractivity contribution in [1.29, 1.82) is 0 Å². The van der Waals surface area contributed by atoms with Crippen molar-refractivity contribution in [2.75, 3.05) is 20.3 Å². The van der Waals surface area contributed by atoms with E-state index < -0.39 is 41.8 Å². The highest BCUT2D eigenvalue weighted by Crippen LogP contribution is 2.28. The van der Waals surface area contributed by atoms with Gasteiger partial charge in [0.25, 0.3) is 5.91 Å². The molecule has 2 aromatic rings. The molecule has 0 saturated carbocycles. The number of methoxy groups -OCH3 is 1. The quantitative estimate of drug-likeness (QED) is 0.549. The number of hydrogen-bond donors (Lipinski definition) is 2. The van der Waals surface area contributed by atoms with Crippen molar-refractivity contribution >= 4 is 17.8 Å². The van der Waals surface area contributed by atoms with Gasteiger partial charge in [-0.05, 0) is 18.9 Å². The first kappa shape index (κ1) is 26.9. The van der Waals surface area contributed by atoms with E-state index >= 15 is 0 Å². The lowest BCUT2D eigenvalue weighted by molar-refractivity contribution is -0.173. The Labute approximate surface area is 209 Å². The third-order valence-corrected chi connectivity index (χ3v) is 5.82. The predicted octanol–water partition coefficient (Wildman–Crippen LogP) is 2.28. The third-order valence-electron chi connectivity index (χ3n) is 5.82. The Bertz CT molecular complexity index is 1060. The number of aromatic nitrogens is 1. The Morgan fingerprint density at radius 2 is 1.92 bits per heavy atom. The van der Waals surface area contributed by atoms with Crippen LogP contribution in [0.15, 0.2) is 42.6 Å². The molecule has 3 rings (SSSR count). The van der Waals surface area contributed by atoms with Crippen molar-refractivity contribution in [2.24, 2.45) is 11.8 Å². The Morgan fingerprint density at radius 3 is 2.58 bits per heavy atom. The monoisotopic (exact) mass is 500 g/mol. The Hall–Kier alpha value is -3.66. The topological polar surface area (TPSA) is 133 Å². The normalized spacial score (nSPS) is 22.5. The molecule has 0 radical (unpaired) electrons. The zero-order valence-corrected chi connectivity index (χ0v) is 20.8. The number of benzene rings is 1. The van der Waals surface area contributed by atoms with E-state index in [1.807, 2.05) is 30.3 Å². The maximum absolute atomic E-state index is 13.0. The second-order valence-corrected chi connectivity index (χ2v) is 8.92. The summed E-state index contributed by atoms with van der Waals surface area (Å²) in [5, 5.41) is 12.7. The van der Waals surface area contributed by atoms with Gasteiger partial charge in [-0.15, -0.1) is 0 Å². The first-order valence-corrected chi connectivity index (χ1v) is 11.8. The molecule has 0 spiro atoms. The number of rotatable bonds is 7. The maximum atomic E-state index is 13.0. The molecule has 1 aliphatic heterocycles. The number of aromatic hydroxyl groups is 1. The fraction of sp³-hybridized carbons (Fsp3) is 0.462. The van der Waals surface area contributed by atoms with Crippen LogP contribution in [0.2, 0.25) is 0 Å². The van der Waals surface area contributed by atoms with Gasteiger partial charge in [0.15, 0.2) is 23.2 Å². The minimum atomic E-state index is -1.18. The molecule has 1 saturated heterocycles. The van der Waals surface area contributed by atoms with Crippen molar-refractivity contribution in [2.45, 2.75) is 45.4 Å². The largest absolute Gasteiger partial charge is 0.503 e. The van der Waals surface area contributed by atoms with Crippen LogP contribution in [0.5, 0.6) is 11.5 Å². The van der Waals surface area contributed by atoms with Crippen LogP contribution in [0.3, 0.4) is 0 Å². The molecule has 1 aromatic carbocycles. The van der Waals surface area contributed by atoms with Gasteiger partial charge < -0.3 is 29.4 Å². The average molecular weight is 501 g/mol. The number of esters is 2. The Morgan fingerprint density at radius 1 is 1.19 bits per heavy atom. The van der Waals surface area contributed by atoms with Gasteiger partial charge >= 0.3 is 11.9 Å². The zero-order chi connectivity index (χ0) is 26.2. The third kappa shape index (κ3) is 6.72. The highest BCUT2D eigenvalue weighted by molar-refractivity contribution is 5.98. The Balaban J connectivity index is 1.81. The van der Waals surface area contributed by atoms with Crippen LogP contribution in [0.25, 0.3) is 0 Å². The molecular formula is C26H32N2O8. The van der Waals surface area contributed by atoms with E-state index in [4.69, 9.17) is 18.9 Å². The summed E-state index contributed by atoms with van der Waals surface area (Å²) in [4.78, 5) is 42.1. The number of ether oxygens (including phenoxy) is 4. The zero-order valence-electron chi connectivity index (χ0n) is 20.8. The van der Waals surface area contributed by atoms with Crippen LogP contribution in [0.1, 0.15) is 36.8 Å². The molecule has 0 bridgehead atoms. The molecule has 194 valence electrons. The highest BCUT2D eigenvalue weighted by Gasteiger charge is 2.38. The molecular weight excluding hydrogens is 468 g/mol. The molecule has 36 heavy (non-hydrogen) atoms. The van der Waals surface area contributed by atoms with Crippen LogP contribution in [-0.4, -0.2) is 66.5 Å². The molecule has 4 atom stereocenters. The number of cyclic esters (lactones) is 1. The number of nitrogens with zero attached hydrogens (tertiary/aromatic N) is 1. The Kier molecular flexibility index (Phi) is 9.24. The fourth-order valence-corrected chi connectivity index (χ4v) is 3.86. The van der Waals surface area contributed by atoms with E-state index in [2.05, 4.69) is 10.3 Å². The number of carbonyl (C=O) groups excluding carboxylic acids is 3. The number of hydrogen-bond acceptors (Lipinski definition) is 9. The highest BCUT2D eigenvalue weighted by atomic mass is 16.6. The van der Waals surface area contributed by atoms with Crippen molar-refractivity contribution in [3.05, 3.63) is 53.9 Å². The van der Waals surface area contributed by atoms with Gasteiger partial charge in [-0.1, -0.05) is 44.2 Å². The summed E-state index contributed by atoms with van der Waals surface area (Å²) < 4.78 is 22.3. The fourth-order valence-electron chi connectivity index (χ4n) is 3.86. The van der Waals surface area contributed by atoms with E-state index in [1.54, 1.807) is 20.8 Å². The van der Waals surface area contributed by atoms with Gasteiger partial charge in [0, 0.05) is 18.2 Å². The molecule has 1 amide bonds. The van der Waals surface area contributed by atoms with Gasteiger partial charge in [0.1, 0.15) is 12.2 Å². The molecule has 1 fully saturated rings. The van der Waals surface area contributed by atoms with Crippen LogP contribution in [-0.2, 0) is 30.2 Å². The van der Waals surface area contributed by atoms with Gasteiger partial charge in [0.05, 0.1) is 26.2 Å². The van der Waals surface area contributed by atoms with Crippen molar-refractivity contribution in [3.63, 3.8) is 0 Å². The van der Waals surface area contributed by atoms with Gasteiger partial charge in [0.2, 0.25) is 0 Å². The molecule has 2 N–H and O–H groups in total. The minimum absolute atomic E-state index is 0.0654. The molecule has 0 aliphatic carbocycles. The molecule has 2 heterocycles. The first-order valence-electron chi connectivity index (χ1n) is 11.8. The SMILES string of the molecule is COc1ccnc(C(=O)N[C@H]2COC[C@H](Cc3ccccc3)[C@@H](OC(=O)C(C)C)[C@H](C)OC2=O)c1O. The summed E-state index contributed by atoms with van der Waals surface area (Å²) in [6.07, 6.45) is 0.258. The van der Waals surface area contributed by atoms with Gasteiger partial charge in [-0.25, -0.2) is 9.78 Å². The van der Waals surface area contributed by atoms with E-state index in [-0.39, 0.29) is 36.5 Å². The summed E-state index contributed by atoms with van der Waals surface area (Å²) in [5.41, 5.74) is 0.708. The summed E-state index contributed by atoms with van der Waals surface area (Å²) in [6.45, 7) is 5.07.